The summed E-state index contributed by atoms with van der Waals surface area (Å²) < 4.78 is 0. The Morgan fingerprint density at radius 2 is 2.06 bits per heavy atom. The Hall–Kier alpha value is -0.980. The lowest BCUT2D eigenvalue weighted by Crippen LogP contribution is -2.07. The molecule has 2 nitrogen and oxygen atoms in total. The van der Waals surface area contributed by atoms with Crippen LogP contribution in [0.5, 0.6) is 0 Å². The monoisotopic (exact) mass is 248 g/mol. The Balaban J connectivity index is 2.90. The summed E-state index contributed by atoms with van der Waals surface area (Å²) in [6.07, 6.45) is 0. The van der Waals surface area contributed by atoms with Crippen LogP contribution in [0, 0.1) is 17.2 Å². The van der Waals surface area contributed by atoms with Gasteiger partial charge >= 0.3 is 0 Å². The average molecular weight is 248 g/mol. The van der Waals surface area contributed by atoms with Crippen molar-refractivity contribution in [2.75, 3.05) is 7.05 Å². The number of nitriles is 1. The molecule has 1 unspecified atom stereocenters. The molecule has 3 heteroatoms. The van der Waals surface area contributed by atoms with Crippen molar-refractivity contribution in [1.29, 1.82) is 5.26 Å². The summed E-state index contributed by atoms with van der Waals surface area (Å²) in [7, 11) is 1.91. The van der Waals surface area contributed by atoms with Crippen LogP contribution in [-0.2, 0) is 6.54 Å². The lowest BCUT2D eigenvalue weighted by Gasteiger charge is -2.16. The highest BCUT2D eigenvalue weighted by atomic mass is 32.2. The minimum absolute atomic E-state index is 0.525. The summed E-state index contributed by atoms with van der Waals surface area (Å²) in [5.74, 6) is 0.614. The van der Waals surface area contributed by atoms with Gasteiger partial charge < -0.3 is 5.32 Å². The van der Waals surface area contributed by atoms with Crippen molar-refractivity contribution >= 4 is 11.8 Å². The van der Waals surface area contributed by atoms with Crippen molar-refractivity contribution < 1.29 is 0 Å². The van der Waals surface area contributed by atoms with E-state index in [1.165, 1.54) is 0 Å². The van der Waals surface area contributed by atoms with Gasteiger partial charge in [-0.1, -0.05) is 26.8 Å². The number of nitrogens with one attached hydrogen (secondary N) is 1. The molecule has 0 heterocycles. The fourth-order valence-electron chi connectivity index (χ4n) is 1.42. The van der Waals surface area contributed by atoms with Gasteiger partial charge in [-0.05, 0) is 30.7 Å². The van der Waals surface area contributed by atoms with Crippen LogP contribution >= 0.6 is 11.8 Å². The van der Waals surface area contributed by atoms with Gasteiger partial charge in [0.1, 0.15) is 6.07 Å². The third-order valence-corrected chi connectivity index (χ3v) is 4.32. The van der Waals surface area contributed by atoms with E-state index in [1.807, 2.05) is 13.1 Å². The number of nitrogens with zero attached hydrogens (tertiary/aromatic N) is 1. The van der Waals surface area contributed by atoms with E-state index in [-0.39, 0.29) is 0 Å². The van der Waals surface area contributed by atoms with Crippen molar-refractivity contribution in [3.05, 3.63) is 29.3 Å². The van der Waals surface area contributed by atoms with Gasteiger partial charge in [0.2, 0.25) is 0 Å². The Morgan fingerprint density at radius 1 is 1.35 bits per heavy atom. The minimum Gasteiger partial charge on any atom is -0.316 e. The first-order valence-corrected chi connectivity index (χ1v) is 6.80. The topological polar surface area (TPSA) is 35.8 Å². The van der Waals surface area contributed by atoms with Crippen molar-refractivity contribution in [3.63, 3.8) is 0 Å². The van der Waals surface area contributed by atoms with Crippen molar-refractivity contribution in [3.8, 4) is 6.07 Å². The Bertz CT molecular complexity index is 407. The van der Waals surface area contributed by atoms with Crippen LogP contribution in [0.1, 0.15) is 31.9 Å². The van der Waals surface area contributed by atoms with Crippen LogP contribution < -0.4 is 5.32 Å². The second-order valence-corrected chi connectivity index (χ2v) is 5.96. The first-order valence-electron chi connectivity index (χ1n) is 5.92. The molecule has 0 fully saturated rings. The molecular formula is C14H20N2S. The van der Waals surface area contributed by atoms with Crippen molar-refractivity contribution in [2.45, 2.75) is 37.5 Å². The molecule has 0 saturated heterocycles. The SMILES string of the molecule is CNCc1ccc(SC(C)C(C)C)c(C#N)c1. The minimum atomic E-state index is 0.525. The maximum absolute atomic E-state index is 9.18. The summed E-state index contributed by atoms with van der Waals surface area (Å²) in [4.78, 5) is 1.09. The predicted octanol–water partition coefficient (Wildman–Crippen LogP) is 3.41. The van der Waals surface area contributed by atoms with E-state index < -0.39 is 0 Å². The molecule has 1 atom stereocenters. The van der Waals surface area contributed by atoms with E-state index >= 15 is 0 Å². The second-order valence-electron chi connectivity index (χ2n) is 4.54. The lowest BCUT2D eigenvalue weighted by atomic mass is 10.1. The third kappa shape index (κ3) is 4.07. The van der Waals surface area contributed by atoms with Crippen molar-refractivity contribution in [2.24, 2.45) is 5.92 Å². The molecule has 0 aliphatic heterocycles. The first-order chi connectivity index (χ1) is 8.08. The molecule has 92 valence electrons. The smallest absolute Gasteiger partial charge is 0.100 e. The van der Waals surface area contributed by atoms with E-state index in [9.17, 15) is 5.26 Å². The van der Waals surface area contributed by atoms with Crippen LogP contribution in [0.15, 0.2) is 23.1 Å². The first kappa shape index (κ1) is 14.1. The fourth-order valence-corrected chi connectivity index (χ4v) is 2.47. The summed E-state index contributed by atoms with van der Waals surface area (Å²) in [6, 6.07) is 8.42. The fraction of sp³-hybridized carbons (Fsp3) is 0.500. The van der Waals surface area contributed by atoms with Crippen LogP contribution in [0.4, 0.5) is 0 Å². The van der Waals surface area contributed by atoms with Gasteiger partial charge in [-0.2, -0.15) is 5.26 Å². The molecule has 0 radical (unpaired) electrons. The second kappa shape index (κ2) is 6.68. The maximum atomic E-state index is 9.18. The Kier molecular flexibility index (Phi) is 5.54. The number of rotatable bonds is 5. The van der Waals surface area contributed by atoms with E-state index in [4.69, 9.17) is 0 Å². The largest absolute Gasteiger partial charge is 0.316 e. The van der Waals surface area contributed by atoms with Gasteiger partial charge in [-0.3, -0.25) is 0 Å². The molecule has 1 aromatic carbocycles. The quantitative estimate of drug-likeness (QED) is 0.811. The zero-order valence-corrected chi connectivity index (χ0v) is 11.8. The van der Waals surface area contributed by atoms with E-state index in [2.05, 4.69) is 44.3 Å². The number of hydrogen-bond donors (Lipinski definition) is 1. The molecule has 1 aromatic rings. The summed E-state index contributed by atoms with van der Waals surface area (Å²) in [5, 5.41) is 12.8. The average Bonchev–Trinajstić information content (AvgIpc) is 2.31. The third-order valence-electron chi connectivity index (χ3n) is 2.80. The van der Waals surface area contributed by atoms with Crippen molar-refractivity contribution in [1.82, 2.24) is 5.32 Å². The van der Waals surface area contributed by atoms with E-state index in [0.29, 0.717) is 11.2 Å². The van der Waals surface area contributed by atoms with Crippen LogP contribution in [0.2, 0.25) is 0 Å². The molecule has 0 aliphatic carbocycles. The summed E-state index contributed by atoms with van der Waals surface area (Å²) in [5.41, 5.74) is 1.95. The van der Waals surface area contributed by atoms with E-state index in [1.54, 1.807) is 11.8 Å². The lowest BCUT2D eigenvalue weighted by molar-refractivity contribution is 0.642. The highest BCUT2D eigenvalue weighted by Gasteiger charge is 2.12. The number of benzene rings is 1. The van der Waals surface area contributed by atoms with Gasteiger partial charge in [-0.15, -0.1) is 11.8 Å². The molecule has 0 spiro atoms. The zero-order valence-electron chi connectivity index (χ0n) is 10.9. The molecule has 1 rings (SSSR count). The standard InChI is InChI=1S/C14H20N2S/c1-10(2)11(3)17-14-6-5-12(9-16-4)7-13(14)8-15/h5-7,10-11,16H,9H2,1-4H3. The van der Waals surface area contributed by atoms with Gasteiger partial charge in [0.25, 0.3) is 0 Å². The molecule has 0 aliphatic rings. The van der Waals surface area contributed by atoms with Gasteiger partial charge in [0.05, 0.1) is 5.56 Å². The normalized spacial score (nSPS) is 12.5. The molecule has 17 heavy (non-hydrogen) atoms. The highest BCUT2D eigenvalue weighted by molar-refractivity contribution is 8.00. The summed E-state index contributed by atoms with van der Waals surface area (Å²) >= 11 is 1.79. The van der Waals surface area contributed by atoms with Crippen LogP contribution in [0.3, 0.4) is 0 Å². The zero-order chi connectivity index (χ0) is 12.8. The van der Waals surface area contributed by atoms with E-state index in [0.717, 1.165) is 22.6 Å². The van der Waals surface area contributed by atoms with Crippen LogP contribution in [-0.4, -0.2) is 12.3 Å². The Labute approximate surface area is 108 Å². The molecular weight excluding hydrogens is 228 g/mol. The van der Waals surface area contributed by atoms with Gasteiger partial charge in [0.15, 0.2) is 0 Å². The number of thioether (sulfide) groups is 1. The molecule has 0 aromatic heterocycles. The number of hydrogen-bond acceptors (Lipinski definition) is 3. The molecule has 0 bridgehead atoms. The van der Waals surface area contributed by atoms with Gasteiger partial charge in [-0.25, -0.2) is 0 Å². The predicted molar refractivity (Wildman–Crippen MR) is 74.1 cm³/mol. The highest BCUT2D eigenvalue weighted by Crippen LogP contribution is 2.30. The molecule has 0 saturated carbocycles. The Morgan fingerprint density at radius 3 is 2.59 bits per heavy atom. The van der Waals surface area contributed by atoms with Crippen LogP contribution in [0.25, 0.3) is 0 Å². The molecule has 1 N–H and O–H groups in total. The summed E-state index contributed by atoms with van der Waals surface area (Å²) in [6.45, 7) is 7.43. The van der Waals surface area contributed by atoms with Gasteiger partial charge in [0, 0.05) is 16.7 Å². The maximum Gasteiger partial charge on any atom is 0.100 e. The molecule has 0 amide bonds.